The van der Waals surface area contributed by atoms with Gasteiger partial charge >= 0.3 is 12.6 Å². The van der Waals surface area contributed by atoms with E-state index >= 15 is 0 Å². The van der Waals surface area contributed by atoms with E-state index in [-0.39, 0.29) is 16.3 Å². The SMILES string of the molecule is COC(=O)c1cc(CBr)cc(OC(F)F)c1Cl. The average molecular weight is 330 g/mol. The molecule has 0 saturated heterocycles. The van der Waals surface area contributed by atoms with Crippen molar-refractivity contribution in [1.82, 2.24) is 0 Å². The van der Waals surface area contributed by atoms with Crippen LogP contribution in [-0.4, -0.2) is 19.7 Å². The smallest absolute Gasteiger partial charge is 0.387 e. The molecule has 0 unspecified atom stereocenters. The van der Waals surface area contributed by atoms with Gasteiger partial charge in [-0.2, -0.15) is 8.78 Å². The number of ether oxygens (including phenoxy) is 2. The maximum Gasteiger partial charge on any atom is 0.387 e. The highest BCUT2D eigenvalue weighted by atomic mass is 79.9. The number of hydrogen-bond acceptors (Lipinski definition) is 3. The van der Waals surface area contributed by atoms with E-state index in [1.165, 1.54) is 19.2 Å². The van der Waals surface area contributed by atoms with Crippen molar-refractivity contribution in [2.24, 2.45) is 0 Å². The van der Waals surface area contributed by atoms with Gasteiger partial charge in [0.25, 0.3) is 0 Å². The fourth-order valence-corrected chi connectivity index (χ4v) is 1.73. The Morgan fingerprint density at radius 3 is 2.65 bits per heavy atom. The number of carbonyl (C=O) groups is 1. The lowest BCUT2D eigenvalue weighted by Gasteiger charge is -2.11. The molecule has 7 heteroatoms. The van der Waals surface area contributed by atoms with Crippen LogP contribution in [0.3, 0.4) is 0 Å². The van der Waals surface area contributed by atoms with E-state index in [0.717, 1.165) is 0 Å². The summed E-state index contributed by atoms with van der Waals surface area (Å²) >= 11 is 8.93. The minimum absolute atomic E-state index is 0.0123. The number of rotatable bonds is 4. The van der Waals surface area contributed by atoms with Crippen LogP contribution < -0.4 is 4.74 Å². The Hall–Kier alpha value is -0.880. The zero-order chi connectivity index (χ0) is 13.0. The fourth-order valence-electron chi connectivity index (χ4n) is 1.17. The molecule has 1 aromatic carbocycles. The van der Waals surface area contributed by atoms with Crippen molar-refractivity contribution in [3.8, 4) is 5.75 Å². The van der Waals surface area contributed by atoms with Gasteiger partial charge in [-0.1, -0.05) is 27.5 Å². The Morgan fingerprint density at radius 2 is 2.18 bits per heavy atom. The maximum absolute atomic E-state index is 12.1. The Labute approximate surface area is 110 Å². The standard InChI is InChI=1S/C10H8BrClF2O3/c1-16-9(15)6-2-5(4-11)3-7(8(6)12)17-10(13)14/h2-3,10H,4H2,1H3. The monoisotopic (exact) mass is 328 g/mol. The van der Waals surface area contributed by atoms with Crippen molar-refractivity contribution in [2.75, 3.05) is 7.11 Å². The Bertz CT molecular complexity index is 426. The highest BCUT2D eigenvalue weighted by molar-refractivity contribution is 9.08. The lowest BCUT2D eigenvalue weighted by Crippen LogP contribution is -2.07. The third-order valence-electron chi connectivity index (χ3n) is 1.87. The summed E-state index contributed by atoms with van der Waals surface area (Å²) in [4.78, 5) is 11.4. The van der Waals surface area contributed by atoms with Gasteiger partial charge in [-0.3, -0.25) is 0 Å². The molecule has 0 aliphatic heterocycles. The molecule has 17 heavy (non-hydrogen) atoms. The van der Waals surface area contributed by atoms with Gasteiger partial charge in [0.15, 0.2) is 0 Å². The first-order chi connectivity index (χ1) is 7.99. The predicted molar refractivity (Wildman–Crippen MR) is 62.1 cm³/mol. The van der Waals surface area contributed by atoms with Crippen molar-refractivity contribution in [3.63, 3.8) is 0 Å². The number of esters is 1. The minimum Gasteiger partial charge on any atom is -0.465 e. The summed E-state index contributed by atoms with van der Waals surface area (Å²) in [6, 6.07) is 2.77. The summed E-state index contributed by atoms with van der Waals surface area (Å²) in [7, 11) is 1.17. The van der Waals surface area contributed by atoms with Crippen molar-refractivity contribution < 1.29 is 23.0 Å². The van der Waals surface area contributed by atoms with Gasteiger partial charge in [-0.25, -0.2) is 4.79 Å². The van der Waals surface area contributed by atoms with Crippen molar-refractivity contribution >= 4 is 33.5 Å². The molecule has 0 fully saturated rings. The molecule has 0 saturated carbocycles. The Balaban J connectivity index is 3.25. The summed E-state index contributed by atoms with van der Waals surface area (Å²) in [6.07, 6.45) is 0. The summed E-state index contributed by atoms with van der Waals surface area (Å²) in [5.74, 6) is -0.962. The van der Waals surface area contributed by atoms with E-state index in [9.17, 15) is 13.6 Å². The van der Waals surface area contributed by atoms with Crippen LogP contribution in [0.15, 0.2) is 12.1 Å². The van der Waals surface area contributed by atoms with Crippen molar-refractivity contribution in [1.29, 1.82) is 0 Å². The number of methoxy groups -OCH3 is 1. The van der Waals surface area contributed by atoms with E-state index in [4.69, 9.17) is 11.6 Å². The van der Waals surface area contributed by atoms with E-state index in [2.05, 4.69) is 25.4 Å². The van der Waals surface area contributed by atoms with Crippen LogP contribution in [0.2, 0.25) is 5.02 Å². The molecule has 0 aliphatic carbocycles. The largest absolute Gasteiger partial charge is 0.465 e. The lowest BCUT2D eigenvalue weighted by molar-refractivity contribution is -0.0498. The van der Waals surface area contributed by atoms with E-state index in [1.54, 1.807) is 0 Å². The second kappa shape index (κ2) is 6.16. The number of carbonyl (C=O) groups excluding carboxylic acids is 1. The molecule has 94 valence electrons. The van der Waals surface area contributed by atoms with E-state index in [1.807, 2.05) is 0 Å². The molecule has 0 heterocycles. The first-order valence-electron chi connectivity index (χ1n) is 4.41. The first kappa shape index (κ1) is 14.2. The van der Waals surface area contributed by atoms with Crippen LogP contribution in [0.1, 0.15) is 15.9 Å². The molecule has 0 aliphatic rings. The normalized spacial score (nSPS) is 10.5. The van der Waals surface area contributed by atoms with Gasteiger partial charge in [0.05, 0.1) is 17.7 Å². The van der Waals surface area contributed by atoms with Gasteiger partial charge in [0.1, 0.15) is 5.75 Å². The van der Waals surface area contributed by atoms with Crippen molar-refractivity contribution in [3.05, 3.63) is 28.3 Å². The van der Waals surface area contributed by atoms with Crippen molar-refractivity contribution in [2.45, 2.75) is 11.9 Å². The van der Waals surface area contributed by atoms with Gasteiger partial charge in [-0.05, 0) is 17.7 Å². The van der Waals surface area contributed by atoms with Gasteiger partial charge < -0.3 is 9.47 Å². The van der Waals surface area contributed by atoms with E-state index in [0.29, 0.717) is 10.9 Å². The summed E-state index contributed by atoms with van der Waals surface area (Å²) in [5, 5.41) is 0.176. The van der Waals surface area contributed by atoms with Gasteiger partial charge in [-0.15, -0.1) is 0 Å². The summed E-state index contributed by atoms with van der Waals surface area (Å²) in [6.45, 7) is -3.01. The van der Waals surface area contributed by atoms with Crippen LogP contribution >= 0.6 is 27.5 Å². The topological polar surface area (TPSA) is 35.5 Å². The quantitative estimate of drug-likeness (QED) is 0.625. The molecule has 1 rings (SSSR count). The average Bonchev–Trinajstić information content (AvgIpc) is 2.30. The third kappa shape index (κ3) is 3.54. The third-order valence-corrected chi connectivity index (χ3v) is 2.91. The van der Waals surface area contributed by atoms with Gasteiger partial charge in [0.2, 0.25) is 0 Å². The first-order valence-corrected chi connectivity index (χ1v) is 5.91. The number of halogens is 4. The lowest BCUT2D eigenvalue weighted by atomic mass is 10.1. The highest BCUT2D eigenvalue weighted by Gasteiger charge is 2.18. The predicted octanol–water partition coefficient (Wildman–Crippen LogP) is 3.62. The number of benzene rings is 1. The molecule has 0 amide bonds. The Morgan fingerprint density at radius 1 is 1.53 bits per heavy atom. The molecule has 0 N–H and O–H groups in total. The maximum atomic E-state index is 12.1. The molecule has 1 aromatic rings. The van der Waals surface area contributed by atoms with Crippen LogP contribution in [0.25, 0.3) is 0 Å². The zero-order valence-corrected chi connectivity index (χ0v) is 11.0. The van der Waals surface area contributed by atoms with Crippen LogP contribution in [0.4, 0.5) is 8.78 Å². The Kier molecular flexibility index (Phi) is 5.14. The second-order valence-electron chi connectivity index (χ2n) is 2.96. The van der Waals surface area contributed by atoms with Crippen LogP contribution in [-0.2, 0) is 10.1 Å². The molecule has 3 nitrogen and oxygen atoms in total. The van der Waals surface area contributed by atoms with E-state index < -0.39 is 12.6 Å². The molecular weight excluding hydrogens is 321 g/mol. The molecule has 0 aromatic heterocycles. The summed E-state index contributed by atoms with van der Waals surface area (Å²) in [5.41, 5.74) is 0.562. The minimum atomic E-state index is -3.01. The van der Waals surface area contributed by atoms with Crippen LogP contribution in [0, 0.1) is 0 Å². The number of alkyl halides is 3. The van der Waals surface area contributed by atoms with Crippen LogP contribution in [0.5, 0.6) is 5.75 Å². The zero-order valence-electron chi connectivity index (χ0n) is 8.68. The summed E-state index contributed by atoms with van der Waals surface area (Å²) < 4.78 is 33.0. The molecule has 0 atom stereocenters. The van der Waals surface area contributed by atoms with Gasteiger partial charge in [0, 0.05) is 5.33 Å². The molecule has 0 bridgehead atoms. The molecule has 0 spiro atoms. The molecular formula is C10H8BrClF2O3. The fraction of sp³-hybridized carbons (Fsp3) is 0.300. The number of hydrogen-bond donors (Lipinski definition) is 0. The molecule has 0 radical (unpaired) electrons. The highest BCUT2D eigenvalue weighted by Crippen LogP contribution is 2.32. The second-order valence-corrected chi connectivity index (χ2v) is 3.90.